The average Bonchev–Trinajstić information content (AvgIpc) is 3.24. The third kappa shape index (κ3) is 41.8. The standard InChI is InChI=1S/C51H92N2O6/c1-5-8-10-12-14-16-18-20-22-24-26-28-30-32-34-36-45-57-49(54)39-42-53(44-47-59-51(56)48(7-3)38-41-52-4)43-40-50(55)58-46-37-35-33-31-29-27-25-23-21-19-17-15-13-11-9-6-2/h14-17,20-23,48,52H,5-13,18-19,24-47H2,1-4H3/b16-14-,17-15-,22-20-,23-21-. The van der Waals surface area contributed by atoms with Crippen molar-refractivity contribution in [2.75, 3.05) is 53.0 Å². The van der Waals surface area contributed by atoms with Crippen LogP contribution in [0.5, 0.6) is 0 Å². The summed E-state index contributed by atoms with van der Waals surface area (Å²) in [4.78, 5) is 39.8. The summed E-state index contributed by atoms with van der Waals surface area (Å²) >= 11 is 0. The van der Waals surface area contributed by atoms with Gasteiger partial charge in [0.1, 0.15) is 6.61 Å². The summed E-state index contributed by atoms with van der Waals surface area (Å²) in [6, 6.07) is 0. The van der Waals surface area contributed by atoms with E-state index in [1.807, 2.05) is 18.9 Å². The van der Waals surface area contributed by atoms with Crippen LogP contribution in [-0.2, 0) is 28.6 Å². The molecule has 0 saturated carbocycles. The van der Waals surface area contributed by atoms with Gasteiger partial charge in [-0.05, 0) is 103 Å². The third-order valence-corrected chi connectivity index (χ3v) is 10.7. The van der Waals surface area contributed by atoms with Crippen molar-refractivity contribution < 1.29 is 28.6 Å². The smallest absolute Gasteiger partial charge is 0.309 e. The zero-order valence-corrected chi connectivity index (χ0v) is 38.8. The Balaban J connectivity index is 4.30. The Hall–Kier alpha value is -2.71. The van der Waals surface area contributed by atoms with Gasteiger partial charge in [0.2, 0.25) is 0 Å². The van der Waals surface area contributed by atoms with E-state index in [2.05, 4.69) is 67.8 Å². The Morgan fingerprint density at radius 2 is 0.898 bits per heavy atom. The highest BCUT2D eigenvalue weighted by molar-refractivity contribution is 5.72. The van der Waals surface area contributed by atoms with Crippen LogP contribution in [0.1, 0.15) is 201 Å². The van der Waals surface area contributed by atoms with E-state index in [1.54, 1.807) is 0 Å². The average molecular weight is 829 g/mol. The van der Waals surface area contributed by atoms with Crippen LogP contribution < -0.4 is 5.32 Å². The fourth-order valence-corrected chi connectivity index (χ4v) is 6.73. The Morgan fingerprint density at radius 1 is 0.492 bits per heavy atom. The fourth-order valence-electron chi connectivity index (χ4n) is 6.73. The van der Waals surface area contributed by atoms with Gasteiger partial charge in [0.25, 0.3) is 0 Å². The molecule has 0 aromatic carbocycles. The van der Waals surface area contributed by atoms with Gasteiger partial charge in [0.05, 0.1) is 32.0 Å². The van der Waals surface area contributed by atoms with Crippen LogP contribution in [0.15, 0.2) is 48.6 Å². The Bertz CT molecular complexity index is 1000. The highest BCUT2D eigenvalue weighted by atomic mass is 16.5. The SMILES string of the molecule is CCCCC/C=C\C/C=C\CCCCCCCCOC(=O)CCN(CCOC(=O)C(CC)CCNC)CCC(=O)OCCCCCCCC/C=C\C/C=C\CCCCC. The Labute approximate surface area is 363 Å². The normalized spacial score (nSPS) is 12.5. The van der Waals surface area contributed by atoms with Gasteiger partial charge < -0.3 is 19.5 Å². The van der Waals surface area contributed by atoms with Gasteiger partial charge in [0.15, 0.2) is 0 Å². The van der Waals surface area contributed by atoms with Gasteiger partial charge in [-0.25, -0.2) is 0 Å². The summed E-state index contributed by atoms with van der Waals surface area (Å²) in [6.45, 7) is 9.68. The second kappa shape index (κ2) is 46.4. The lowest BCUT2D eigenvalue weighted by Crippen LogP contribution is -2.34. The number of rotatable bonds is 44. The quantitative estimate of drug-likeness (QED) is 0.0281. The van der Waals surface area contributed by atoms with Crippen molar-refractivity contribution in [1.82, 2.24) is 10.2 Å². The minimum absolute atomic E-state index is 0.139. The van der Waals surface area contributed by atoms with E-state index in [4.69, 9.17) is 14.2 Å². The minimum atomic E-state index is -0.229. The molecule has 0 rings (SSSR count). The monoisotopic (exact) mass is 829 g/mol. The van der Waals surface area contributed by atoms with Gasteiger partial charge in [-0.15, -0.1) is 0 Å². The molecule has 0 saturated heterocycles. The number of carbonyl (C=O) groups excluding carboxylic acids is 3. The van der Waals surface area contributed by atoms with E-state index in [1.165, 1.54) is 89.9 Å². The first-order chi connectivity index (χ1) is 29.0. The van der Waals surface area contributed by atoms with Gasteiger partial charge in [-0.1, -0.05) is 146 Å². The first-order valence-electron chi connectivity index (χ1n) is 24.4. The van der Waals surface area contributed by atoms with Crippen LogP contribution in [0.3, 0.4) is 0 Å². The first kappa shape index (κ1) is 56.3. The molecule has 0 bridgehead atoms. The zero-order chi connectivity index (χ0) is 43.1. The summed E-state index contributed by atoms with van der Waals surface area (Å²) in [5, 5.41) is 3.10. The number of nitrogens with zero attached hydrogens (tertiary/aromatic N) is 1. The number of nitrogens with one attached hydrogen (secondary N) is 1. The maximum atomic E-state index is 12.6. The van der Waals surface area contributed by atoms with E-state index in [0.29, 0.717) is 32.8 Å². The molecule has 1 unspecified atom stereocenters. The lowest BCUT2D eigenvalue weighted by atomic mass is 10.0. The lowest BCUT2D eigenvalue weighted by Gasteiger charge is -2.22. The molecular formula is C51H92N2O6. The number of allylic oxidation sites excluding steroid dienone is 8. The number of hydrogen-bond acceptors (Lipinski definition) is 8. The van der Waals surface area contributed by atoms with Crippen molar-refractivity contribution >= 4 is 17.9 Å². The zero-order valence-electron chi connectivity index (χ0n) is 38.8. The third-order valence-electron chi connectivity index (χ3n) is 10.7. The number of ether oxygens (including phenoxy) is 3. The second-order valence-electron chi connectivity index (χ2n) is 16.1. The summed E-state index contributed by atoms with van der Waals surface area (Å²) in [7, 11) is 1.88. The number of esters is 3. The molecule has 0 aliphatic carbocycles. The summed E-state index contributed by atoms with van der Waals surface area (Å²) < 4.78 is 16.7. The number of hydrogen-bond donors (Lipinski definition) is 1. The lowest BCUT2D eigenvalue weighted by molar-refractivity contribution is -0.150. The van der Waals surface area contributed by atoms with E-state index < -0.39 is 0 Å². The van der Waals surface area contributed by atoms with Crippen molar-refractivity contribution in [3.05, 3.63) is 48.6 Å². The largest absolute Gasteiger partial charge is 0.466 e. The van der Waals surface area contributed by atoms with E-state index in [-0.39, 0.29) is 43.3 Å². The highest BCUT2D eigenvalue weighted by Crippen LogP contribution is 2.12. The second-order valence-corrected chi connectivity index (χ2v) is 16.1. The number of unbranched alkanes of at least 4 members (excludes halogenated alkanes) is 18. The molecule has 0 heterocycles. The topological polar surface area (TPSA) is 94.2 Å². The van der Waals surface area contributed by atoms with Gasteiger partial charge in [-0.3, -0.25) is 19.3 Å². The van der Waals surface area contributed by atoms with Crippen molar-refractivity contribution in [3.63, 3.8) is 0 Å². The van der Waals surface area contributed by atoms with Crippen LogP contribution in [0, 0.1) is 5.92 Å². The van der Waals surface area contributed by atoms with Crippen LogP contribution in [0.2, 0.25) is 0 Å². The summed E-state index contributed by atoms with van der Waals surface area (Å²) in [5.74, 6) is -0.789. The van der Waals surface area contributed by atoms with Gasteiger partial charge in [0, 0.05) is 19.6 Å². The highest BCUT2D eigenvalue weighted by Gasteiger charge is 2.18. The molecule has 0 aliphatic rings. The molecule has 1 N–H and O–H groups in total. The molecule has 0 aromatic heterocycles. The Morgan fingerprint density at radius 3 is 1.31 bits per heavy atom. The molecule has 59 heavy (non-hydrogen) atoms. The van der Waals surface area contributed by atoms with Gasteiger partial charge >= 0.3 is 17.9 Å². The van der Waals surface area contributed by atoms with Crippen molar-refractivity contribution in [2.24, 2.45) is 5.92 Å². The van der Waals surface area contributed by atoms with E-state index >= 15 is 0 Å². The molecule has 0 aliphatic heterocycles. The molecule has 342 valence electrons. The minimum Gasteiger partial charge on any atom is -0.466 e. The predicted octanol–water partition coefficient (Wildman–Crippen LogP) is 13.0. The molecule has 0 spiro atoms. The van der Waals surface area contributed by atoms with E-state index in [9.17, 15) is 14.4 Å². The van der Waals surface area contributed by atoms with Crippen LogP contribution >= 0.6 is 0 Å². The van der Waals surface area contributed by atoms with Crippen molar-refractivity contribution in [2.45, 2.75) is 201 Å². The molecule has 0 fully saturated rings. The van der Waals surface area contributed by atoms with Crippen LogP contribution in [0.4, 0.5) is 0 Å². The maximum Gasteiger partial charge on any atom is 0.309 e. The molecule has 0 amide bonds. The number of carbonyl (C=O) groups is 3. The Kier molecular flexibility index (Phi) is 44.2. The van der Waals surface area contributed by atoms with Gasteiger partial charge in [-0.2, -0.15) is 0 Å². The van der Waals surface area contributed by atoms with Crippen molar-refractivity contribution in [3.8, 4) is 0 Å². The van der Waals surface area contributed by atoms with Crippen LogP contribution in [0.25, 0.3) is 0 Å². The first-order valence-corrected chi connectivity index (χ1v) is 24.4. The molecular weight excluding hydrogens is 737 g/mol. The predicted molar refractivity (Wildman–Crippen MR) is 250 cm³/mol. The molecule has 1 atom stereocenters. The molecule has 8 nitrogen and oxygen atoms in total. The van der Waals surface area contributed by atoms with Crippen LogP contribution in [-0.4, -0.2) is 75.9 Å². The van der Waals surface area contributed by atoms with E-state index in [0.717, 1.165) is 83.6 Å². The molecule has 8 heteroatoms. The maximum absolute atomic E-state index is 12.6. The molecule has 0 aromatic rings. The van der Waals surface area contributed by atoms with Crippen molar-refractivity contribution in [1.29, 1.82) is 0 Å². The summed E-state index contributed by atoms with van der Waals surface area (Å²) in [6.07, 6.45) is 48.5. The fraction of sp³-hybridized carbons (Fsp3) is 0.784. The molecule has 0 radical (unpaired) electrons. The summed E-state index contributed by atoms with van der Waals surface area (Å²) in [5.41, 5.74) is 0.